The summed E-state index contributed by atoms with van der Waals surface area (Å²) in [4.78, 5) is 21.9. The first-order chi connectivity index (χ1) is 12.7. The third-order valence-electron chi connectivity index (χ3n) is 5.46. The molecule has 5 nitrogen and oxygen atoms in total. The van der Waals surface area contributed by atoms with Crippen molar-refractivity contribution in [1.82, 2.24) is 19.4 Å². The van der Waals surface area contributed by atoms with Crippen LogP contribution < -0.4 is 0 Å². The Bertz CT molecular complexity index is 747. The fourth-order valence-electron chi connectivity index (χ4n) is 4.16. The van der Waals surface area contributed by atoms with Gasteiger partial charge in [0, 0.05) is 51.7 Å². The Morgan fingerprint density at radius 3 is 2.81 bits per heavy atom. The van der Waals surface area contributed by atoms with E-state index in [9.17, 15) is 4.79 Å². The zero-order chi connectivity index (χ0) is 17.9. The molecule has 2 atom stereocenters. The fraction of sp³-hybridized carbons (Fsp3) is 0.500. The van der Waals surface area contributed by atoms with Crippen molar-refractivity contribution in [3.8, 4) is 0 Å². The summed E-state index contributed by atoms with van der Waals surface area (Å²) < 4.78 is 1.97. The number of amides is 1. The van der Waals surface area contributed by atoms with Crippen LogP contribution in [-0.4, -0.2) is 56.7 Å². The van der Waals surface area contributed by atoms with Crippen molar-refractivity contribution < 1.29 is 4.79 Å². The van der Waals surface area contributed by atoms with Gasteiger partial charge in [0.1, 0.15) is 0 Å². The number of rotatable bonds is 5. The molecule has 0 unspecified atom stereocenters. The number of benzene rings is 1. The quantitative estimate of drug-likeness (QED) is 0.759. The lowest BCUT2D eigenvalue weighted by Gasteiger charge is -2.36. The van der Waals surface area contributed by atoms with Crippen LogP contribution in [0.5, 0.6) is 0 Å². The normalized spacial score (nSPS) is 23.2. The molecule has 1 aromatic carbocycles. The maximum atomic E-state index is 12.9. The summed E-state index contributed by atoms with van der Waals surface area (Å²) in [5.41, 5.74) is 1.36. The molecule has 0 saturated carbocycles. The first kappa shape index (κ1) is 17.6. The van der Waals surface area contributed by atoms with Gasteiger partial charge in [-0.1, -0.05) is 42.1 Å². The van der Waals surface area contributed by atoms with E-state index in [1.54, 1.807) is 18.0 Å². The minimum atomic E-state index is 0.259. The summed E-state index contributed by atoms with van der Waals surface area (Å²) in [6.07, 6.45) is 6.07. The van der Waals surface area contributed by atoms with Crippen LogP contribution in [0.2, 0.25) is 0 Å². The zero-order valence-electron chi connectivity index (χ0n) is 15.3. The molecule has 0 N–H and O–H groups in total. The van der Waals surface area contributed by atoms with Gasteiger partial charge in [0.05, 0.1) is 5.75 Å². The van der Waals surface area contributed by atoms with Gasteiger partial charge in [0.25, 0.3) is 0 Å². The number of hydrogen-bond donors (Lipinski definition) is 0. The average molecular weight is 371 g/mol. The number of aromatic nitrogens is 2. The van der Waals surface area contributed by atoms with Crippen LogP contribution in [-0.2, 0) is 18.4 Å². The van der Waals surface area contributed by atoms with Gasteiger partial charge >= 0.3 is 0 Å². The average Bonchev–Trinajstić information content (AvgIpc) is 2.87. The highest BCUT2D eigenvalue weighted by Gasteiger charge is 2.36. The van der Waals surface area contributed by atoms with E-state index in [0.29, 0.717) is 17.7 Å². The van der Waals surface area contributed by atoms with Gasteiger partial charge in [-0.3, -0.25) is 9.69 Å². The largest absolute Gasteiger partial charge is 0.337 e. The third-order valence-corrected chi connectivity index (χ3v) is 6.50. The number of nitrogens with zero attached hydrogens (tertiary/aromatic N) is 4. The lowest BCUT2D eigenvalue weighted by Crippen LogP contribution is -2.48. The Balaban J connectivity index is 1.38. The Morgan fingerprint density at radius 2 is 2.04 bits per heavy atom. The number of carbonyl (C=O) groups is 1. The van der Waals surface area contributed by atoms with Crippen molar-refractivity contribution >= 4 is 17.7 Å². The first-order valence-corrected chi connectivity index (χ1v) is 10.3. The predicted octanol–water partition coefficient (Wildman–Crippen LogP) is 2.64. The lowest BCUT2D eigenvalue weighted by atomic mass is 9.95. The van der Waals surface area contributed by atoms with Crippen molar-refractivity contribution in [1.29, 1.82) is 0 Å². The molecule has 1 amide bonds. The van der Waals surface area contributed by atoms with Crippen LogP contribution in [0, 0.1) is 5.92 Å². The van der Waals surface area contributed by atoms with E-state index in [-0.39, 0.29) is 5.91 Å². The van der Waals surface area contributed by atoms with E-state index >= 15 is 0 Å². The highest BCUT2D eigenvalue weighted by molar-refractivity contribution is 7.99. The van der Waals surface area contributed by atoms with Gasteiger partial charge in [0.15, 0.2) is 5.16 Å². The monoisotopic (exact) mass is 370 g/mol. The van der Waals surface area contributed by atoms with E-state index in [1.807, 2.05) is 17.8 Å². The number of thioether (sulfide) groups is 1. The minimum absolute atomic E-state index is 0.259. The van der Waals surface area contributed by atoms with Crippen LogP contribution in [0.25, 0.3) is 0 Å². The molecule has 3 aliphatic rings. The Hall–Kier alpha value is -1.79. The van der Waals surface area contributed by atoms with Gasteiger partial charge in [-0.2, -0.15) is 0 Å². The number of fused-ring (bicyclic) bond motifs is 4. The SMILES string of the molecule is Cn1ccnc1SCC(=O)N1C[C@@H]2CC[C@H]1CN(Cc1ccccc1)C2. The summed E-state index contributed by atoms with van der Waals surface area (Å²) in [7, 11) is 1.97. The fourth-order valence-corrected chi connectivity index (χ4v) is 4.97. The Labute approximate surface area is 159 Å². The minimum Gasteiger partial charge on any atom is -0.337 e. The first-order valence-electron chi connectivity index (χ1n) is 9.35. The van der Waals surface area contributed by atoms with E-state index in [0.717, 1.165) is 37.8 Å². The molecule has 3 fully saturated rings. The summed E-state index contributed by atoms with van der Waals surface area (Å²) in [6, 6.07) is 11.0. The standard InChI is InChI=1S/C20H26N4OS/c1-22-10-9-21-20(22)26-15-19(25)24-13-17-7-8-18(24)14-23(12-17)11-16-5-3-2-4-6-16/h2-6,9-10,17-18H,7-8,11-15H2,1H3/t17-,18+/m1/s1. The molecule has 5 rings (SSSR count). The lowest BCUT2D eigenvalue weighted by molar-refractivity contribution is -0.132. The third kappa shape index (κ3) is 3.96. The Kier molecular flexibility index (Phi) is 5.31. The molecular formula is C20H26N4OS. The second-order valence-electron chi connectivity index (χ2n) is 7.43. The van der Waals surface area contributed by atoms with Crippen molar-refractivity contribution in [2.45, 2.75) is 30.6 Å². The molecule has 4 heterocycles. The number of imidazole rings is 1. The molecule has 26 heavy (non-hydrogen) atoms. The molecule has 3 saturated heterocycles. The maximum absolute atomic E-state index is 12.9. The van der Waals surface area contributed by atoms with Crippen molar-refractivity contribution in [3.63, 3.8) is 0 Å². The second-order valence-corrected chi connectivity index (χ2v) is 8.37. The van der Waals surface area contributed by atoms with Crippen molar-refractivity contribution in [3.05, 3.63) is 48.3 Å². The molecule has 0 aliphatic carbocycles. The van der Waals surface area contributed by atoms with Crippen LogP contribution in [0.4, 0.5) is 0 Å². The van der Waals surface area contributed by atoms with Crippen molar-refractivity contribution in [2.24, 2.45) is 13.0 Å². The molecule has 2 aromatic rings. The van der Waals surface area contributed by atoms with Gasteiger partial charge in [-0.15, -0.1) is 0 Å². The highest BCUT2D eigenvalue weighted by atomic mass is 32.2. The summed E-state index contributed by atoms with van der Waals surface area (Å²) >= 11 is 1.54. The molecule has 2 bridgehead atoms. The van der Waals surface area contributed by atoms with Crippen LogP contribution in [0.15, 0.2) is 47.9 Å². The molecule has 3 aliphatic heterocycles. The number of aryl methyl sites for hydroxylation is 1. The molecular weight excluding hydrogens is 344 g/mol. The molecule has 0 radical (unpaired) electrons. The van der Waals surface area contributed by atoms with E-state index in [2.05, 4.69) is 45.1 Å². The molecule has 6 heteroatoms. The molecule has 1 aromatic heterocycles. The topological polar surface area (TPSA) is 41.4 Å². The van der Waals surface area contributed by atoms with E-state index in [1.165, 1.54) is 12.0 Å². The molecule has 138 valence electrons. The summed E-state index contributed by atoms with van der Waals surface area (Å²) in [5.74, 6) is 1.33. The predicted molar refractivity (Wildman–Crippen MR) is 104 cm³/mol. The van der Waals surface area contributed by atoms with Crippen LogP contribution in [0.3, 0.4) is 0 Å². The van der Waals surface area contributed by atoms with Gasteiger partial charge < -0.3 is 9.47 Å². The number of hydrogen-bond acceptors (Lipinski definition) is 4. The molecule has 0 spiro atoms. The zero-order valence-corrected chi connectivity index (χ0v) is 16.1. The second kappa shape index (κ2) is 7.84. The van der Waals surface area contributed by atoms with Gasteiger partial charge in [-0.05, 0) is 24.3 Å². The van der Waals surface area contributed by atoms with E-state index in [4.69, 9.17) is 0 Å². The number of piperidine rings is 1. The summed E-state index contributed by atoms with van der Waals surface area (Å²) in [5, 5.41) is 0.907. The van der Waals surface area contributed by atoms with E-state index < -0.39 is 0 Å². The maximum Gasteiger partial charge on any atom is 0.233 e. The Morgan fingerprint density at radius 1 is 1.19 bits per heavy atom. The van der Waals surface area contributed by atoms with Gasteiger partial charge in [0.2, 0.25) is 5.91 Å². The van der Waals surface area contributed by atoms with Crippen LogP contribution in [0.1, 0.15) is 18.4 Å². The summed E-state index contributed by atoms with van der Waals surface area (Å²) in [6.45, 7) is 3.99. The van der Waals surface area contributed by atoms with Gasteiger partial charge in [-0.25, -0.2) is 4.98 Å². The number of carbonyl (C=O) groups excluding carboxylic acids is 1. The highest BCUT2D eigenvalue weighted by Crippen LogP contribution is 2.29. The van der Waals surface area contributed by atoms with Crippen LogP contribution >= 0.6 is 11.8 Å². The van der Waals surface area contributed by atoms with Crippen molar-refractivity contribution in [2.75, 3.05) is 25.4 Å². The smallest absolute Gasteiger partial charge is 0.233 e.